The van der Waals surface area contributed by atoms with Crippen molar-refractivity contribution in [2.45, 2.75) is 64.2 Å². The fourth-order valence-electron chi connectivity index (χ4n) is 4.76. The van der Waals surface area contributed by atoms with Gasteiger partial charge in [-0.15, -0.1) is 0 Å². The molecule has 13 heteroatoms. The van der Waals surface area contributed by atoms with Crippen molar-refractivity contribution >= 4 is 22.5 Å². The van der Waals surface area contributed by atoms with Gasteiger partial charge in [0.15, 0.2) is 0 Å². The number of alkyl halides is 4. The number of piperidine rings is 1. The third-order valence-electron chi connectivity index (χ3n) is 6.86. The lowest BCUT2D eigenvalue weighted by Gasteiger charge is -2.28. The number of fused-ring (bicyclic) bond motifs is 1. The van der Waals surface area contributed by atoms with Crippen LogP contribution in [0.3, 0.4) is 0 Å². The molecule has 0 spiro atoms. The van der Waals surface area contributed by atoms with Gasteiger partial charge < -0.3 is 29.6 Å². The second-order valence-electron chi connectivity index (χ2n) is 10.9. The summed E-state index contributed by atoms with van der Waals surface area (Å²) in [7, 11) is 0. The molecule has 4 aromatic rings. The molecule has 1 saturated heterocycles. The number of anilines is 1. The molecule has 1 aliphatic heterocycles. The molecule has 5 rings (SSSR count). The number of carbonyl (C=O) groups is 1. The Balaban J connectivity index is 1.40. The lowest BCUT2D eigenvalue weighted by atomic mass is 10.0. The monoisotopic (exact) mass is 561 g/mol. The maximum Gasteiger partial charge on any atom is 0.406 e. The van der Waals surface area contributed by atoms with Gasteiger partial charge in [-0.25, -0.2) is 4.39 Å². The third kappa shape index (κ3) is 5.98. The zero-order valence-electron chi connectivity index (χ0n) is 22.3. The van der Waals surface area contributed by atoms with E-state index in [1.165, 1.54) is 0 Å². The van der Waals surface area contributed by atoms with Crippen LogP contribution in [0.4, 0.5) is 23.2 Å². The van der Waals surface area contributed by atoms with E-state index in [0.717, 1.165) is 4.57 Å². The summed E-state index contributed by atoms with van der Waals surface area (Å²) in [6.07, 6.45) is -1.59. The highest BCUT2D eigenvalue weighted by Crippen LogP contribution is 2.35. The predicted octanol–water partition coefficient (Wildman–Crippen LogP) is 4.85. The molecular weight excluding hydrogens is 530 g/mol. The van der Waals surface area contributed by atoms with Crippen molar-refractivity contribution in [3.05, 3.63) is 54.2 Å². The van der Waals surface area contributed by atoms with Crippen LogP contribution in [-0.4, -0.2) is 56.7 Å². The fraction of sp³-hybridized carbons (Fsp3) is 0.444. The molecule has 0 bridgehead atoms. The predicted molar refractivity (Wildman–Crippen MR) is 142 cm³/mol. The number of aromatic nitrogens is 4. The second-order valence-corrected chi connectivity index (χ2v) is 10.9. The van der Waals surface area contributed by atoms with Crippen molar-refractivity contribution in [2.75, 3.05) is 18.4 Å². The van der Waals surface area contributed by atoms with Crippen LogP contribution < -0.4 is 16.0 Å². The number of nitrogens with one attached hydrogen (secondary N) is 3. The van der Waals surface area contributed by atoms with E-state index in [9.17, 15) is 22.4 Å². The van der Waals surface area contributed by atoms with Gasteiger partial charge >= 0.3 is 6.18 Å². The molecule has 0 unspecified atom stereocenters. The lowest BCUT2D eigenvalue weighted by Crippen LogP contribution is -2.45. The van der Waals surface area contributed by atoms with E-state index in [2.05, 4.69) is 26.1 Å². The number of halogens is 4. The molecule has 3 N–H and O–H groups in total. The van der Waals surface area contributed by atoms with Crippen LogP contribution in [0, 0.1) is 0 Å². The Hall–Kier alpha value is -3.87. The van der Waals surface area contributed by atoms with Crippen LogP contribution in [0.5, 0.6) is 0 Å². The number of nitrogens with zero attached hydrogens (tertiary/aromatic N) is 4. The quantitative estimate of drug-likeness (QED) is 0.279. The van der Waals surface area contributed by atoms with Crippen molar-refractivity contribution in [3.8, 4) is 11.5 Å². The van der Waals surface area contributed by atoms with Crippen molar-refractivity contribution < 1.29 is 26.9 Å². The molecule has 2 atom stereocenters. The number of rotatable bonds is 7. The lowest BCUT2D eigenvalue weighted by molar-refractivity contribution is -0.139. The van der Waals surface area contributed by atoms with Crippen molar-refractivity contribution in [1.29, 1.82) is 0 Å². The molecule has 9 nitrogen and oxygen atoms in total. The van der Waals surface area contributed by atoms with Crippen LogP contribution in [0.2, 0.25) is 0 Å². The van der Waals surface area contributed by atoms with Gasteiger partial charge in [0.2, 0.25) is 11.7 Å². The molecule has 1 amide bonds. The first-order valence-corrected chi connectivity index (χ1v) is 13.0. The molecule has 0 radical (unpaired) electrons. The van der Waals surface area contributed by atoms with Gasteiger partial charge in [0.05, 0.1) is 29.4 Å². The molecule has 4 heterocycles. The molecule has 0 saturated carbocycles. The highest BCUT2D eigenvalue weighted by molar-refractivity contribution is 5.96. The van der Waals surface area contributed by atoms with Crippen molar-refractivity contribution in [3.63, 3.8) is 0 Å². The van der Waals surface area contributed by atoms with E-state index in [1.807, 2.05) is 25.3 Å². The Labute approximate surface area is 227 Å². The summed E-state index contributed by atoms with van der Waals surface area (Å²) in [5, 5.41) is 13.2. The van der Waals surface area contributed by atoms with E-state index in [1.54, 1.807) is 42.7 Å². The van der Waals surface area contributed by atoms with Gasteiger partial charge in [-0.3, -0.25) is 4.79 Å². The largest absolute Gasteiger partial charge is 0.406 e. The number of amides is 1. The Kier molecular flexibility index (Phi) is 7.34. The summed E-state index contributed by atoms with van der Waals surface area (Å²) in [5.41, 5.74) is 1.17. The minimum Gasteiger partial charge on any atom is -0.379 e. The maximum atomic E-state index is 14.5. The smallest absolute Gasteiger partial charge is 0.379 e. The first-order chi connectivity index (χ1) is 18.9. The van der Waals surface area contributed by atoms with E-state index in [0.29, 0.717) is 35.1 Å². The van der Waals surface area contributed by atoms with Gasteiger partial charge in [-0.1, -0.05) is 11.2 Å². The minimum atomic E-state index is -4.52. The number of hydrogen-bond donors (Lipinski definition) is 3. The van der Waals surface area contributed by atoms with Crippen molar-refractivity contribution in [2.24, 2.45) is 0 Å². The van der Waals surface area contributed by atoms with Gasteiger partial charge in [-0.2, -0.15) is 18.2 Å². The van der Waals surface area contributed by atoms with E-state index < -0.39 is 24.9 Å². The Morgan fingerprint density at radius 1 is 1.23 bits per heavy atom. The molecule has 1 aromatic carbocycles. The molecule has 1 aliphatic rings. The highest BCUT2D eigenvalue weighted by atomic mass is 19.4. The number of hydrogen-bond acceptors (Lipinski definition) is 6. The maximum absolute atomic E-state index is 14.5. The Morgan fingerprint density at radius 2 is 2.02 bits per heavy atom. The fourth-order valence-corrected chi connectivity index (χ4v) is 4.76. The minimum absolute atomic E-state index is 0.0377. The number of carbonyl (C=O) groups excluding carboxylic acids is 1. The van der Waals surface area contributed by atoms with Gasteiger partial charge in [-0.05, 0) is 58.0 Å². The van der Waals surface area contributed by atoms with Gasteiger partial charge in [0.1, 0.15) is 12.7 Å². The zero-order chi connectivity index (χ0) is 28.7. The molecule has 214 valence electrons. The average molecular weight is 562 g/mol. The number of benzene rings is 1. The van der Waals surface area contributed by atoms with E-state index >= 15 is 0 Å². The summed E-state index contributed by atoms with van der Waals surface area (Å²) >= 11 is 0. The zero-order valence-corrected chi connectivity index (χ0v) is 22.3. The standard InChI is InChI=1S/C27H31F4N7O2/c1-26(2,3)37-10-8-16(14-37)25(39)33-13-23-35-24(36-40-23)22-11-17-19(34-20-7-9-32-12-18(20)28)5-4-6-21(17)38(22)15-27(29,30)31/h4-6,8,10-11,14,18,20,32,34H,7,9,12-13,15H2,1-3H3,(H,33,39)/t18-,20+/m0/s1. The topological polar surface area (TPSA) is 102 Å². The molecular formula is C27H31F4N7O2. The van der Waals surface area contributed by atoms with Crippen LogP contribution >= 0.6 is 0 Å². The highest BCUT2D eigenvalue weighted by Gasteiger charge is 2.32. The SMILES string of the molecule is CC(C)(C)n1ccc(C(=O)NCc2nc(-c3cc4c(N[C@@H]5CCNC[C@@H]5F)cccc4n3CC(F)(F)F)no2)c1. The molecule has 40 heavy (non-hydrogen) atoms. The Bertz CT molecular complexity index is 1500. The Morgan fingerprint density at radius 3 is 2.73 bits per heavy atom. The molecule has 1 fully saturated rings. The normalized spacial score (nSPS) is 18.3. The van der Waals surface area contributed by atoms with Crippen LogP contribution in [0.15, 0.2) is 47.2 Å². The third-order valence-corrected chi connectivity index (χ3v) is 6.86. The van der Waals surface area contributed by atoms with Gasteiger partial charge in [0, 0.05) is 35.6 Å². The van der Waals surface area contributed by atoms with Crippen LogP contribution in [-0.2, 0) is 18.6 Å². The average Bonchev–Trinajstić information content (AvgIpc) is 3.62. The first kappa shape index (κ1) is 27.7. The molecule has 3 aromatic heterocycles. The van der Waals surface area contributed by atoms with Gasteiger partial charge in [0.25, 0.3) is 5.91 Å². The summed E-state index contributed by atoms with van der Waals surface area (Å²) in [4.78, 5) is 16.9. The first-order valence-electron chi connectivity index (χ1n) is 13.0. The summed E-state index contributed by atoms with van der Waals surface area (Å²) in [5.74, 6) is -0.371. The molecule has 0 aliphatic carbocycles. The van der Waals surface area contributed by atoms with E-state index in [-0.39, 0.29) is 41.9 Å². The summed E-state index contributed by atoms with van der Waals surface area (Å²) < 4.78 is 63.5. The van der Waals surface area contributed by atoms with E-state index in [4.69, 9.17) is 4.52 Å². The second kappa shape index (κ2) is 10.6. The van der Waals surface area contributed by atoms with Crippen LogP contribution in [0.1, 0.15) is 43.4 Å². The summed E-state index contributed by atoms with van der Waals surface area (Å²) in [6, 6.07) is 7.66. The van der Waals surface area contributed by atoms with Crippen LogP contribution in [0.25, 0.3) is 22.4 Å². The van der Waals surface area contributed by atoms with Crippen molar-refractivity contribution in [1.82, 2.24) is 29.9 Å². The summed E-state index contributed by atoms with van der Waals surface area (Å²) in [6.45, 7) is 5.49.